The molecule has 0 saturated carbocycles. The molecule has 1 atom stereocenters. The van der Waals surface area contributed by atoms with Crippen molar-refractivity contribution in [2.24, 2.45) is 0 Å². The van der Waals surface area contributed by atoms with E-state index in [-0.39, 0.29) is 5.69 Å². The number of methoxy groups -OCH3 is 1. The maximum absolute atomic E-state index is 12.8. The van der Waals surface area contributed by atoms with Gasteiger partial charge in [0, 0.05) is 10.6 Å². The molecule has 2 aromatic heterocycles. The van der Waals surface area contributed by atoms with Gasteiger partial charge in [-0.2, -0.15) is 5.10 Å². The van der Waals surface area contributed by atoms with Crippen LogP contribution in [0.25, 0.3) is 11.3 Å². The summed E-state index contributed by atoms with van der Waals surface area (Å²) in [6, 6.07) is 7.17. The van der Waals surface area contributed by atoms with Gasteiger partial charge in [-0.3, -0.25) is 9.59 Å². The Labute approximate surface area is 172 Å². The number of nitrogens with one attached hydrogen (secondary N) is 1. The van der Waals surface area contributed by atoms with Crippen molar-refractivity contribution in [3.8, 4) is 17.0 Å². The number of aromatic nitrogens is 2. The Morgan fingerprint density at radius 1 is 1.31 bits per heavy atom. The lowest BCUT2D eigenvalue weighted by Gasteiger charge is -2.17. The zero-order chi connectivity index (χ0) is 21.3. The van der Waals surface area contributed by atoms with Gasteiger partial charge < -0.3 is 20.2 Å². The van der Waals surface area contributed by atoms with Gasteiger partial charge in [-0.1, -0.05) is 11.6 Å². The van der Waals surface area contributed by atoms with Gasteiger partial charge >= 0.3 is 0 Å². The molecule has 9 heteroatoms. The van der Waals surface area contributed by atoms with Gasteiger partial charge in [0.05, 0.1) is 18.5 Å². The molecule has 0 unspecified atom stereocenters. The van der Waals surface area contributed by atoms with Gasteiger partial charge in [0.1, 0.15) is 29.0 Å². The quantitative estimate of drug-likeness (QED) is 0.657. The average molecular weight is 417 g/mol. The van der Waals surface area contributed by atoms with Crippen LogP contribution >= 0.6 is 11.6 Å². The highest BCUT2D eigenvalue weighted by atomic mass is 35.5. The second-order valence-corrected chi connectivity index (χ2v) is 7.01. The summed E-state index contributed by atoms with van der Waals surface area (Å²) in [7, 11) is 1.48. The summed E-state index contributed by atoms with van der Waals surface area (Å²) >= 11 is 6.01. The first-order valence-corrected chi connectivity index (χ1v) is 9.20. The number of ether oxygens (including phenoxy) is 1. The third-order valence-corrected chi connectivity index (χ3v) is 4.68. The number of aryl methyl sites for hydroxylation is 2. The fourth-order valence-corrected chi connectivity index (χ4v) is 3.11. The van der Waals surface area contributed by atoms with Gasteiger partial charge in [-0.05, 0) is 51.1 Å². The Kier molecular flexibility index (Phi) is 5.65. The van der Waals surface area contributed by atoms with Gasteiger partial charge in [-0.15, -0.1) is 0 Å². The van der Waals surface area contributed by atoms with Crippen LogP contribution in [0.4, 0.5) is 11.4 Å². The first kappa shape index (κ1) is 20.5. The molecule has 0 aliphatic heterocycles. The lowest BCUT2D eigenvalue weighted by molar-refractivity contribution is -0.119. The van der Waals surface area contributed by atoms with E-state index in [1.54, 1.807) is 38.1 Å². The highest BCUT2D eigenvalue weighted by Gasteiger charge is 2.22. The largest absolute Gasteiger partial charge is 0.495 e. The van der Waals surface area contributed by atoms with Crippen molar-refractivity contribution >= 4 is 28.9 Å². The number of nitrogens with zero attached hydrogens (tertiary/aromatic N) is 2. The topological polar surface area (TPSA) is 112 Å². The first-order chi connectivity index (χ1) is 13.7. The highest BCUT2D eigenvalue weighted by molar-refractivity contribution is 6.31. The number of anilines is 2. The van der Waals surface area contributed by atoms with Crippen molar-refractivity contribution in [3.05, 3.63) is 57.2 Å². The Balaban J connectivity index is 1.97. The fourth-order valence-electron chi connectivity index (χ4n) is 2.94. The zero-order valence-corrected chi connectivity index (χ0v) is 17.2. The van der Waals surface area contributed by atoms with Gasteiger partial charge in [0.2, 0.25) is 5.91 Å². The number of hydrogen-bond acceptors (Lipinski definition) is 6. The molecule has 3 aromatic rings. The molecule has 8 nitrogen and oxygen atoms in total. The molecule has 29 heavy (non-hydrogen) atoms. The third kappa shape index (κ3) is 4.12. The molecule has 0 aliphatic rings. The average Bonchev–Trinajstić information content (AvgIpc) is 3.01. The molecule has 3 N–H and O–H groups in total. The molecule has 0 fully saturated rings. The maximum atomic E-state index is 12.8. The summed E-state index contributed by atoms with van der Waals surface area (Å²) in [5.74, 6) is 1.31. The summed E-state index contributed by atoms with van der Waals surface area (Å²) in [4.78, 5) is 25.4. The Bertz CT molecular complexity index is 1140. The molecule has 0 aliphatic carbocycles. The van der Waals surface area contributed by atoms with Crippen molar-refractivity contribution in [3.63, 3.8) is 0 Å². The van der Waals surface area contributed by atoms with E-state index in [4.69, 9.17) is 26.5 Å². The van der Waals surface area contributed by atoms with Crippen molar-refractivity contribution in [1.82, 2.24) is 9.78 Å². The molecule has 2 heterocycles. The van der Waals surface area contributed by atoms with Crippen molar-refractivity contribution in [2.75, 3.05) is 18.2 Å². The van der Waals surface area contributed by atoms with Crippen LogP contribution in [-0.2, 0) is 4.79 Å². The van der Waals surface area contributed by atoms with Crippen LogP contribution in [0, 0.1) is 13.8 Å². The number of benzene rings is 1. The lowest BCUT2D eigenvalue weighted by Crippen LogP contribution is -2.34. The summed E-state index contributed by atoms with van der Waals surface area (Å²) in [6.07, 6.45) is 0. The third-order valence-electron chi connectivity index (χ3n) is 4.45. The number of nitrogens with two attached hydrogens (primary N) is 1. The summed E-state index contributed by atoms with van der Waals surface area (Å²) in [5.41, 5.74) is 6.84. The van der Waals surface area contributed by atoms with Crippen molar-refractivity contribution < 1.29 is 13.9 Å². The number of carbonyl (C=O) groups excluding carboxylic acids is 1. The summed E-state index contributed by atoms with van der Waals surface area (Å²) in [6.45, 7) is 5.15. The number of halogens is 1. The van der Waals surface area contributed by atoms with E-state index in [1.807, 2.05) is 6.92 Å². The van der Waals surface area contributed by atoms with E-state index < -0.39 is 17.5 Å². The summed E-state index contributed by atoms with van der Waals surface area (Å²) < 4.78 is 11.8. The van der Waals surface area contributed by atoms with E-state index in [9.17, 15) is 9.59 Å². The minimum absolute atomic E-state index is 0.0201. The van der Waals surface area contributed by atoms with Gasteiger partial charge in [0.25, 0.3) is 5.56 Å². The predicted octanol–water partition coefficient (Wildman–Crippen LogP) is 3.56. The van der Waals surface area contributed by atoms with E-state index in [2.05, 4.69) is 10.4 Å². The zero-order valence-electron chi connectivity index (χ0n) is 16.4. The number of furan rings is 1. The van der Waals surface area contributed by atoms with Gasteiger partial charge in [0.15, 0.2) is 0 Å². The minimum Gasteiger partial charge on any atom is -0.495 e. The minimum atomic E-state index is -0.943. The molecule has 0 saturated heterocycles. The molecular formula is C20H21ClN4O4. The number of amides is 1. The Hall–Kier alpha value is -3.26. The number of carbonyl (C=O) groups is 1. The predicted molar refractivity (Wildman–Crippen MR) is 111 cm³/mol. The van der Waals surface area contributed by atoms with E-state index >= 15 is 0 Å². The maximum Gasteiger partial charge on any atom is 0.290 e. The van der Waals surface area contributed by atoms with E-state index in [0.29, 0.717) is 39.2 Å². The molecule has 3 rings (SSSR count). The second-order valence-electron chi connectivity index (χ2n) is 6.57. The standard InChI is InChI=1S/C20H21ClN4O4/c1-10-7-14(12(3)29-10)16-9-15(22)20(27)25(24-16)11(2)19(26)23-17-8-13(21)5-6-18(17)28-4/h5-9,11H,22H2,1-4H3,(H,23,26)/t11-/m1/s1. The number of nitrogen functional groups attached to an aromatic ring is 1. The van der Waals surface area contributed by atoms with Crippen LogP contribution in [0.3, 0.4) is 0 Å². The van der Waals surface area contributed by atoms with Crippen LogP contribution in [-0.4, -0.2) is 22.8 Å². The number of rotatable bonds is 5. The Morgan fingerprint density at radius 2 is 2.03 bits per heavy atom. The number of hydrogen-bond donors (Lipinski definition) is 2. The van der Waals surface area contributed by atoms with Crippen molar-refractivity contribution in [1.29, 1.82) is 0 Å². The monoisotopic (exact) mass is 416 g/mol. The van der Waals surface area contributed by atoms with Gasteiger partial charge in [-0.25, -0.2) is 4.68 Å². The van der Waals surface area contributed by atoms with Crippen LogP contribution < -0.4 is 21.3 Å². The molecule has 0 radical (unpaired) electrons. The normalized spacial score (nSPS) is 11.9. The van der Waals surface area contributed by atoms with Crippen LogP contribution in [0.2, 0.25) is 5.02 Å². The molecular weight excluding hydrogens is 396 g/mol. The molecule has 0 spiro atoms. The smallest absolute Gasteiger partial charge is 0.290 e. The molecule has 0 bridgehead atoms. The molecule has 1 amide bonds. The fraction of sp³-hybridized carbons (Fsp3) is 0.250. The Morgan fingerprint density at radius 3 is 2.66 bits per heavy atom. The van der Waals surface area contributed by atoms with Crippen molar-refractivity contribution in [2.45, 2.75) is 26.8 Å². The SMILES string of the molecule is COc1ccc(Cl)cc1NC(=O)[C@@H](C)n1nc(-c2cc(C)oc2C)cc(N)c1=O. The second kappa shape index (κ2) is 8.00. The van der Waals surface area contributed by atoms with Crippen LogP contribution in [0.15, 0.2) is 39.5 Å². The first-order valence-electron chi connectivity index (χ1n) is 8.82. The summed E-state index contributed by atoms with van der Waals surface area (Å²) in [5, 5.41) is 7.49. The van der Waals surface area contributed by atoms with Crippen LogP contribution in [0.1, 0.15) is 24.5 Å². The molecule has 1 aromatic carbocycles. The van der Waals surface area contributed by atoms with E-state index in [0.717, 1.165) is 4.68 Å². The molecule has 152 valence electrons. The highest BCUT2D eigenvalue weighted by Crippen LogP contribution is 2.29. The van der Waals surface area contributed by atoms with E-state index in [1.165, 1.54) is 13.2 Å². The van der Waals surface area contributed by atoms with Crippen LogP contribution in [0.5, 0.6) is 5.75 Å². The lowest BCUT2D eigenvalue weighted by atomic mass is 10.1.